The molecule has 0 saturated heterocycles. The maximum atomic E-state index is 12.9. The van der Waals surface area contributed by atoms with Crippen molar-refractivity contribution in [2.24, 2.45) is 0 Å². The lowest BCUT2D eigenvalue weighted by atomic mass is 10.0. The Morgan fingerprint density at radius 2 is 0.470 bits per heavy atom. The van der Waals surface area contributed by atoms with Crippen molar-refractivity contribution in [3.63, 3.8) is 0 Å². The van der Waals surface area contributed by atoms with Gasteiger partial charge in [0, 0.05) is 19.3 Å². The number of ether oxygens (including phenoxy) is 3. The molecule has 0 aromatic heterocycles. The lowest BCUT2D eigenvalue weighted by molar-refractivity contribution is -0.167. The second-order valence-corrected chi connectivity index (χ2v) is 23.1. The molecule has 1 unspecified atom stereocenters. The molecular weight excluding hydrogens is 1020 g/mol. The van der Waals surface area contributed by atoms with E-state index in [1.165, 1.54) is 167 Å². The third-order valence-corrected chi connectivity index (χ3v) is 15.0. The van der Waals surface area contributed by atoms with Crippen molar-refractivity contribution >= 4 is 17.9 Å². The highest BCUT2D eigenvalue weighted by molar-refractivity contribution is 5.71. The highest BCUT2D eigenvalue weighted by Crippen LogP contribution is 2.16. The first-order valence-electron chi connectivity index (χ1n) is 35.0. The van der Waals surface area contributed by atoms with Gasteiger partial charge in [-0.2, -0.15) is 0 Å². The number of esters is 3. The molecular formula is C77H130O6. The molecule has 0 N–H and O–H groups in total. The molecule has 0 bridgehead atoms. The molecule has 6 heteroatoms. The van der Waals surface area contributed by atoms with Crippen LogP contribution in [0.5, 0.6) is 0 Å². The Morgan fingerprint density at radius 1 is 0.253 bits per heavy atom. The van der Waals surface area contributed by atoms with E-state index in [4.69, 9.17) is 14.2 Å². The standard InChI is InChI=1S/C77H130O6/c1-4-7-10-13-16-19-21-23-25-27-29-31-33-35-36-37-38-39-40-42-43-45-47-49-51-53-55-58-61-64-67-70-76(79)82-73-74(72-81-75(78)69-66-63-60-57-18-15-12-9-6-3)83-77(80)71-68-65-62-59-56-54-52-50-48-46-44-41-34-32-30-28-26-24-22-20-17-14-11-8-5-2/h7,10,16,19,22-25,28-31,34-36,38-39,41-43,74H,4-6,8-9,11-15,17-18,20-21,26-27,32-33,37,40,44-73H2,1-3H3/b10-7-,19-16-,24-22-,25-23-,30-28-,31-29-,36-35-,39-38-,41-34-,43-42-. The molecule has 0 aromatic carbocycles. The molecule has 0 aliphatic rings. The Balaban J connectivity index is 4.21. The fraction of sp³-hybridized carbons (Fsp3) is 0.701. The Labute approximate surface area is 513 Å². The van der Waals surface area contributed by atoms with Crippen LogP contribution in [0.25, 0.3) is 0 Å². The van der Waals surface area contributed by atoms with Crippen LogP contribution in [0, 0.1) is 0 Å². The predicted octanol–water partition coefficient (Wildman–Crippen LogP) is 24.3. The lowest BCUT2D eigenvalue weighted by Crippen LogP contribution is -2.30. The highest BCUT2D eigenvalue weighted by atomic mass is 16.6. The van der Waals surface area contributed by atoms with E-state index >= 15 is 0 Å². The molecule has 6 nitrogen and oxygen atoms in total. The molecule has 0 saturated carbocycles. The van der Waals surface area contributed by atoms with Gasteiger partial charge in [-0.1, -0.05) is 316 Å². The second kappa shape index (κ2) is 70.3. The summed E-state index contributed by atoms with van der Waals surface area (Å²) < 4.78 is 16.9. The van der Waals surface area contributed by atoms with E-state index in [0.29, 0.717) is 19.3 Å². The Hall–Kier alpha value is -4.19. The minimum atomic E-state index is -0.784. The number of rotatable bonds is 63. The molecule has 474 valence electrons. The molecule has 0 amide bonds. The van der Waals surface area contributed by atoms with Crippen molar-refractivity contribution in [3.8, 4) is 0 Å². The number of hydrogen-bond donors (Lipinski definition) is 0. The summed E-state index contributed by atoms with van der Waals surface area (Å²) >= 11 is 0. The van der Waals surface area contributed by atoms with E-state index in [0.717, 1.165) is 122 Å². The minimum absolute atomic E-state index is 0.0804. The number of hydrogen-bond acceptors (Lipinski definition) is 6. The predicted molar refractivity (Wildman–Crippen MR) is 362 cm³/mol. The zero-order valence-electron chi connectivity index (χ0n) is 54.4. The summed E-state index contributed by atoms with van der Waals surface area (Å²) in [5, 5.41) is 0. The minimum Gasteiger partial charge on any atom is -0.462 e. The molecule has 1 atom stereocenters. The summed E-state index contributed by atoms with van der Waals surface area (Å²) in [6, 6.07) is 0. The third kappa shape index (κ3) is 68.5. The van der Waals surface area contributed by atoms with Crippen molar-refractivity contribution < 1.29 is 28.6 Å². The summed E-state index contributed by atoms with van der Waals surface area (Å²) in [7, 11) is 0. The van der Waals surface area contributed by atoms with Crippen molar-refractivity contribution in [2.45, 2.75) is 335 Å². The van der Waals surface area contributed by atoms with Gasteiger partial charge >= 0.3 is 17.9 Å². The monoisotopic (exact) mass is 1150 g/mol. The second-order valence-electron chi connectivity index (χ2n) is 23.1. The van der Waals surface area contributed by atoms with Gasteiger partial charge in [-0.15, -0.1) is 0 Å². The number of carbonyl (C=O) groups is 3. The molecule has 0 radical (unpaired) electrons. The zero-order valence-corrected chi connectivity index (χ0v) is 54.4. The molecule has 0 aromatic rings. The van der Waals surface area contributed by atoms with E-state index in [1.54, 1.807) is 0 Å². The van der Waals surface area contributed by atoms with E-state index in [-0.39, 0.29) is 31.1 Å². The molecule has 0 heterocycles. The maximum absolute atomic E-state index is 12.9. The zero-order chi connectivity index (χ0) is 59.9. The quantitative estimate of drug-likeness (QED) is 0.0261. The van der Waals surface area contributed by atoms with Crippen LogP contribution in [0.2, 0.25) is 0 Å². The molecule has 0 fully saturated rings. The summed E-state index contributed by atoms with van der Waals surface area (Å²) in [6.07, 6.45) is 98.0. The van der Waals surface area contributed by atoms with E-state index in [9.17, 15) is 14.4 Å². The fourth-order valence-corrected chi connectivity index (χ4v) is 9.73. The van der Waals surface area contributed by atoms with Gasteiger partial charge in [-0.05, 0) is 116 Å². The van der Waals surface area contributed by atoms with Crippen LogP contribution < -0.4 is 0 Å². The summed E-state index contributed by atoms with van der Waals surface area (Å²) in [4.78, 5) is 38.3. The van der Waals surface area contributed by atoms with Gasteiger partial charge < -0.3 is 14.2 Å². The van der Waals surface area contributed by atoms with Gasteiger partial charge in [0.25, 0.3) is 0 Å². The lowest BCUT2D eigenvalue weighted by Gasteiger charge is -2.18. The SMILES string of the molecule is CC/C=C\C/C=C\C/C=C\C/C=C\C/C=C\C/C=C\C/C=C\CCCCCCCCCCCC(=O)OCC(COC(=O)CCCCCCCCCCC)OC(=O)CCCCCCCCCCCC/C=C\C/C=C\C/C=C\CCCCCCC. The van der Waals surface area contributed by atoms with Gasteiger partial charge in [0.05, 0.1) is 0 Å². The van der Waals surface area contributed by atoms with E-state index < -0.39 is 6.10 Å². The van der Waals surface area contributed by atoms with Crippen LogP contribution in [0.15, 0.2) is 122 Å². The first kappa shape index (κ1) is 78.8. The largest absolute Gasteiger partial charge is 0.462 e. The molecule has 0 spiro atoms. The van der Waals surface area contributed by atoms with Crippen LogP contribution in [0.3, 0.4) is 0 Å². The number of carbonyl (C=O) groups excluding carboxylic acids is 3. The summed E-state index contributed by atoms with van der Waals surface area (Å²) in [5.74, 6) is -0.884. The normalized spacial score (nSPS) is 12.9. The molecule has 0 rings (SSSR count). The van der Waals surface area contributed by atoms with Gasteiger partial charge in [-0.25, -0.2) is 0 Å². The Bertz CT molecular complexity index is 1700. The van der Waals surface area contributed by atoms with Crippen molar-refractivity contribution in [2.75, 3.05) is 13.2 Å². The molecule has 0 aliphatic heterocycles. The fourth-order valence-electron chi connectivity index (χ4n) is 9.73. The summed E-state index contributed by atoms with van der Waals surface area (Å²) in [6.45, 7) is 6.51. The Morgan fingerprint density at radius 3 is 0.735 bits per heavy atom. The molecule has 83 heavy (non-hydrogen) atoms. The van der Waals surface area contributed by atoms with Crippen LogP contribution in [0.1, 0.15) is 329 Å². The van der Waals surface area contributed by atoms with Crippen LogP contribution in [-0.4, -0.2) is 37.2 Å². The van der Waals surface area contributed by atoms with Gasteiger partial charge in [0.15, 0.2) is 6.10 Å². The first-order valence-corrected chi connectivity index (χ1v) is 35.0. The van der Waals surface area contributed by atoms with Gasteiger partial charge in [0.1, 0.15) is 13.2 Å². The maximum Gasteiger partial charge on any atom is 0.306 e. The van der Waals surface area contributed by atoms with Crippen molar-refractivity contribution in [3.05, 3.63) is 122 Å². The van der Waals surface area contributed by atoms with Crippen LogP contribution in [-0.2, 0) is 28.6 Å². The van der Waals surface area contributed by atoms with Gasteiger partial charge in [0.2, 0.25) is 0 Å². The van der Waals surface area contributed by atoms with Crippen molar-refractivity contribution in [1.82, 2.24) is 0 Å². The topological polar surface area (TPSA) is 78.9 Å². The van der Waals surface area contributed by atoms with E-state index in [1.807, 2.05) is 0 Å². The van der Waals surface area contributed by atoms with Crippen LogP contribution >= 0.6 is 0 Å². The smallest absolute Gasteiger partial charge is 0.306 e. The third-order valence-electron chi connectivity index (χ3n) is 15.0. The average molecular weight is 1150 g/mol. The van der Waals surface area contributed by atoms with E-state index in [2.05, 4.69) is 142 Å². The van der Waals surface area contributed by atoms with Gasteiger partial charge in [-0.3, -0.25) is 14.4 Å². The summed E-state index contributed by atoms with van der Waals surface area (Å²) in [5.41, 5.74) is 0. The molecule has 0 aliphatic carbocycles. The average Bonchev–Trinajstić information content (AvgIpc) is 3.49. The number of unbranched alkanes of at least 4 members (excludes halogenated alkanes) is 32. The van der Waals surface area contributed by atoms with Crippen LogP contribution in [0.4, 0.5) is 0 Å². The first-order chi connectivity index (χ1) is 41.0. The van der Waals surface area contributed by atoms with Crippen molar-refractivity contribution in [1.29, 1.82) is 0 Å². The highest BCUT2D eigenvalue weighted by Gasteiger charge is 2.19. The number of allylic oxidation sites excluding steroid dienone is 20. The Kier molecular flexibility index (Phi) is 66.7.